The van der Waals surface area contributed by atoms with Crippen molar-refractivity contribution in [3.05, 3.63) is 35.4 Å². The zero-order valence-electron chi connectivity index (χ0n) is 14.5. The van der Waals surface area contributed by atoms with Crippen LogP contribution in [0.2, 0.25) is 0 Å². The summed E-state index contributed by atoms with van der Waals surface area (Å²) in [5.41, 5.74) is 0.930. The molecule has 0 amide bonds. The third-order valence-corrected chi connectivity index (χ3v) is 4.84. The van der Waals surface area contributed by atoms with Gasteiger partial charge in [-0.1, -0.05) is 6.07 Å². The molecule has 6 nitrogen and oxygen atoms in total. The monoisotopic (exact) mass is 346 g/mol. The van der Waals surface area contributed by atoms with Gasteiger partial charge in [0.2, 0.25) is 0 Å². The molecule has 6 heteroatoms. The molecule has 0 aromatic heterocycles. The molecule has 1 saturated heterocycles. The van der Waals surface area contributed by atoms with Gasteiger partial charge >= 0.3 is 5.97 Å². The molecule has 3 rings (SSSR count). The number of rotatable bonds is 6. The predicted molar refractivity (Wildman–Crippen MR) is 89.5 cm³/mol. The largest absolute Gasteiger partial charge is 0.493 e. The summed E-state index contributed by atoms with van der Waals surface area (Å²) in [6.07, 6.45) is 3.23. The first-order valence-corrected chi connectivity index (χ1v) is 8.29. The first-order chi connectivity index (χ1) is 12.1. The van der Waals surface area contributed by atoms with E-state index in [4.69, 9.17) is 18.9 Å². The van der Waals surface area contributed by atoms with Gasteiger partial charge in [0.25, 0.3) is 0 Å². The summed E-state index contributed by atoms with van der Waals surface area (Å²) in [6.45, 7) is 1.10. The maximum Gasteiger partial charge on any atom is 0.320 e. The SMILES string of the molecule is COc1ccc(COCC2=CC(=O)[C@@]3(CCOC3=O)CC2)cc1OC. The fraction of sp³-hybridized carbons (Fsp3) is 0.474. The van der Waals surface area contributed by atoms with E-state index in [0.29, 0.717) is 50.6 Å². The van der Waals surface area contributed by atoms with Crippen LogP contribution in [0.25, 0.3) is 0 Å². The molecule has 1 fully saturated rings. The van der Waals surface area contributed by atoms with E-state index in [1.807, 2.05) is 18.2 Å². The van der Waals surface area contributed by atoms with Crippen molar-refractivity contribution in [1.29, 1.82) is 0 Å². The number of cyclic esters (lactones) is 1. The number of esters is 1. The first-order valence-electron chi connectivity index (χ1n) is 8.29. The molecule has 1 heterocycles. The minimum atomic E-state index is -0.938. The van der Waals surface area contributed by atoms with Crippen molar-refractivity contribution in [3.63, 3.8) is 0 Å². The van der Waals surface area contributed by atoms with Crippen LogP contribution in [0, 0.1) is 5.41 Å². The maximum absolute atomic E-state index is 12.4. The van der Waals surface area contributed by atoms with E-state index >= 15 is 0 Å². The molecule has 0 radical (unpaired) electrons. The molecule has 0 N–H and O–H groups in total. The Morgan fingerprint density at radius 3 is 2.52 bits per heavy atom. The molecular weight excluding hydrogens is 324 g/mol. The zero-order chi connectivity index (χ0) is 17.9. The van der Waals surface area contributed by atoms with E-state index < -0.39 is 5.41 Å². The summed E-state index contributed by atoms with van der Waals surface area (Å²) in [7, 11) is 3.18. The molecule has 134 valence electrons. The fourth-order valence-corrected chi connectivity index (χ4v) is 3.29. The van der Waals surface area contributed by atoms with Crippen LogP contribution in [-0.2, 0) is 25.7 Å². The highest BCUT2D eigenvalue weighted by Gasteiger charge is 2.51. The average Bonchev–Trinajstić information content (AvgIpc) is 2.99. The summed E-state index contributed by atoms with van der Waals surface area (Å²) in [6, 6.07) is 5.60. The second kappa shape index (κ2) is 7.27. The Morgan fingerprint density at radius 2 is 1.88 bits per heavy atom. The number of hydrogen-bond acceptors (Lipinski definition) is 6. The summed E-state index contributed by atoms with van der Waals surface area (Å²) in [4.78, 5) is 24.2. The maximum atomic E-state index is 12.4. The van der Waals surface area contributed by atoms with Crippen molar-refractivity contribution in [2.45, 2.75) is 25.9 Å². The number of ether oxygens (including phenoxy) is 4. The van der Waals surface area contributed by atoms with Gasteiger partial charge in [-0.05, 0) is 42.2 Å². The Labute approximate surface area is 146 Å². The number of benzene rings is 1. The molecule has 2 aliphatic rings. The van der Waals surface area contributed by atoms with Crippen LogP contribution < -0.4 is 9.47 Å². The van der Waals surface area contributed by atoms with Gasteiger partial charge in [0.05, 0.1) is 34.0 Å². The van der Waals surface area contributed by atoms with Crippen LogP contribution in [0.5, 0.6) is 11.5 Å². The summed E-state index contributed by atoms with van der Waals surface area (Å²) < 4.78 is 21.2. The Bertz CT molecular complexity index is 708. The normalized spacial score (nSPS) is 22.7. The lowest BCUT2D eigenvalue weighted by atomic mass is 9.73. The molecule has 1 aromatic rings. The Morgan fingerprint density at radius 1 is 1.08 bits per heavy atom. The van der Waals surface area contributed by atoms with Crippen molar-refractivity contribution >= 4 is 11.8 Å². The van der Waals surface area contributed by atoms with E-state index in [-0.39, 0.29) is 11.8 Å². The second-order valence-corrected chi connectivity index (χ2v) is 6.32. The van der Waals surface area contributed by atoms with Gasteiger partial charge in [-0.15, -0.1) is 0 Å². The van der Waals surface area contributed by atoms with Crippen molar-refractivity contribution in [1.82, 2.24) is 0 Å². The quantitative estimate of drug-likeness (QED) is 0.582. The van der Waals surface area contributed by atoms with Gasteiger partial charge in [-0.25, -0.2) is 0 Å². The second-order valence-electron chi connectivity index (χ2n) is 6.32. The number of allylic oxidation sites excluding steroid dienone is 1. The molecule has 25 heavy (non-hydrogen) atoms. The topological polar surface area (TPSA) is 71.1 Å². The summed E-state index contributed by atoms with van der Waals surface area (Å²) in [5, 5.41) is 0. The van der Waals surface area contributed by atoms with Crippen LogP contribution >= 0.6 is 0 Å². The highest BCUT2D eigenvalue weighted by molar-refractivity contribution is 6.11. The Kier molecular flexibility index (Phi) is 5.08. The molecule has 0 unspecified atom stereocenters. The van der Waals surface area contributed by atoms with E-state index in [2.05, 4.69) is 0 Å². The number of carbonyl (C=O) groups excluding carboxylic acids is 2. The fourth-order valence-electron chi connectivity index (χ4n) is 3.29. The minimum absolute atomic E-state index is 0.147. The first kappa shape index (κ1) is 17.5. The van der Waals surface area contributed by atoms with Crippen LogP contribution in [0.1, 0.15) is 24.8 Å². The van der Waals surface area contributed by atoms with E-state index in [0.717, 1.165) is 11.1 Å². The van der Waals surface area contributed by atoms with Gasteiger partial charge in [0.1, 0.15) is 5.41 Å². The minimum Gasteiger partial charge on any atom is -0.493 e. The van der Waals surface area contributed by atoms with Crippen LogP contribution in [-0.4, -0.2) is 39.2 Å². The average molecular weight is 346 g/mol. The third kappa shape index (κ3) is 3.39. The Hall–Kier alpha value is -2.34. The van der Waals surface area contributed by atoms with E-state index in [9.17, 15) is 9.59 Å². The zero-order valence-corrected chi connectivity index (χ0v) is 14.5. The summed E-state index contributed by atoms with van der Waals surface area (Å²) in [5.74, 6) is 0.794. The highest BCUT2D eigenvalue weighted by Crippen LogP contribution is 2.40. The molecule has 1 aliphatic carbocycles. The van der Waals surface area contributed by atoms with Crippen LogP contribution in [0.15, 0.2) is 29.8 Å². The third-order valence-electron chi connectivity index (χ3n) is 4.84. The molecule has 0 bridgehead atoms. The van der Waals surface area contributed by atoms with E-state index in [1.165, 1.54) is 0 Å². The number of hydrogen-bond donors (Lipinski definition) is 0. The predicted octanol–water partition coefficient (Wildman–Crippen LogP) is 2.44. The lowest BCUT2D eigenvalue weighted by molar-refractivity contribution is -0.150. The number of methoxy groups -OCH3 is 2. The van der Waals surface area contributed by atoms with Gasteiger partial charge in [0, 0.05) is 6.42 Å². The van der Waals surface area contributed by atoms with Crippen molar-refractivity contribution in [2.75, 3.05) is 27.4 Å². The number of carbonyl (C=O) groups is 2. The standard InChI is InChI=1S/C19H22O6/c1-22-15-4-3-13(9-16(15)23-2)11-24-12-14-5-6-19(17(20)10-14)7-8-25-18(19)21/h3-4,9-10H,5-8,11-12H2,1-2H3/t19-/m0/s1. The molecule has 1 spiro atoms. The summed E-state index contributed by atoms with van der Waals surface area (Å²) >= 11 is 0. The van der Waals surface area contributed by atoms with Gasteiger partial charge in [-0.3, -0.25) is 9.59 Å². The van der Waals surface area contributed by atoms with Gasteiger partial charge < -0.3 is 18.9 Å². The van der Waals surface area contributed by atoms with Crippen molar-refractivity contribution in [2.24, 2.45) is 5.41 Å². The smallest absolute Gasteiger partial charge is 0.320 e. The van der Waals surface area contributed by atoms with Crippen LogP contribution in [0.4, 0.5) is 0 Å². The molecule has 1 atom stereocenters. The number of ketones is 1. The molecule has 1 aromatic carbocycles. The Balaban J connectivity index is 1.57. The lowest BCUT2D eigenvalue weighted by Crippen LogP contribution is -2.37. The molecular formula is C19H22O6. The van der Waals surface area contributed by atoms with Gasteiger partial charge in [-0.2, -0.15) is 0 Å². The van der Waals surface area contributed by atoms with Crippen LogP contribution in [0.3, 0.4) is 0 Å². The van der Waals surface area contributed by atoms with E-state index in [1.54, 1.807) is 20.3 Å². The molecule has 0 saturated carbocycles. The lowest BCUT2D eigenvalue weighted by Gasteiger charge is -2.26. The van der Waals surface area contributed by atoms with Crippen molar-refractivity contribution < 1.29 is 28.5 Å². The van der Waals surface area contributed by atoms with Crippen molar-refractivity contribution in [3.8, 4) is 11.5 Å². The highest BCUT2D eigenvalue weighted by atomic mass is 16.5. The molecule has 1 aliphatic heterocycles. The van der Waals surface area contributed by atoms with Gasteiger partial charge in [0.15, 0.2) is 17.3 Å².